The van der Waals surface area contributed by atoms with Gasteiger partial charge in [0.05, 0.1) is 19.4 Å². The number of hydrazone groups is 1. The topological polar surface area (TPSA) is 98.2 Å². The van der Waals surface area contributed by atoms with Crippen LogP contribution in [-0.4, -0.2) is 44.4 Å². The minimum atomic E-state index is -0.868. The molecular weight excluding hydrogens is 434 g/mol. The van der Waals surface area contributed by atoms with Gasteiger partial charge in [-0.1, -0.05) is 35.9 Å². The van der Waals surface area contributed by atoms with Crippen molar-refractivity contribution in [2.24, 2.45) is 5.10 Å². The molecule has 0 saturated heterocycles. The van der Waals surface area contributed by atoms with E-state index in [9.17, 15) is 9.59 Å². The zero-order chi connectivity index (χ0) is 23.3. The van der Waals surface area contributed by atoms with Crippen LogP contribution >= 0.6 is 11.6 Å². The zero-order valence-electron chi connectivity index (χ0n) is 18.4. The first-order valence-corrected chi connectivity index (χ1v) is 10.6. The molecule has 0 bridgehead atoms. The van der Waals surface area contributed by atoms with Crippen LogP contribution in [0.3, 0.4) is 0 Å². The SMILES string of the molecule is COc1cccc(/C=N\NC(=O)C(=O)NCCCOC(C)C)c1OCc1ccccc1Cl. The van der Waals surface area contributed by atoms with Crippen LogP contribution in [0.15, 0.2) is 47.6 Å². The number of para-hydroxylation sites is 1. The molecule has 0 spiro atoms. The summed E-state index contributed by atoms with van der Waals surface area (Å²) < 4.78 is 16.7. The second-order valence-corrected chi connectivity index (χ2v) is 7.39. The summed E-state index contributed by atoms with van der Waals surface area (Å²) in [6, 6.07) is 12.6. The number of rotatable bonds is 11. The van der Waals surface area contributed by atoms with Gasteiger partial charge in [-0.3, -0.25) is 9.59 Å². The Morgan fingerprint density at radius 3 is 2.62 bits per heavy atom. The van der Waals surface area contributed by atoms with E-state index in [4.69, 9.17) is 25.8 Å². The van der Waals surface area contributed by atoms with Gasteiger partial charge in [0, 0.05) is 29.3 Å². The lowest BCUT2D eigenvalue weighted by Gasteiger charge is -2.13. The van der Waals surface area contributed by atoms with Gasteiger partial charge in [0.2, 0.25) is 0 Å². The molecule has 32 heavy (non-hydrogen) atoms. The number of halogens is 1. The maximum absolute atomic E-state index is 11.9. The summed E-state index contributed by atoms with van der Waals surface area (Å²) in [4.78, 5) is 23.8. The Kier molecular flexibility index (Phi) is 10.5. The number of nitrogens with one attached hydrogen (secondary N) is 2. The summed E-state index contributed by atoms with van der Waals surface area (Å²) >= 11 is 6.19. The Labute approximate surface area is 192 Å². The molecule has 2 N–H and O–H groups in total. The van der Waals surface area contributed by atoms with Crippen molar-refractivity contribution in [1.82, 2.24) is 10.7 Å². The number of benzene rings is 2. The maximum Gasteiger partial charge on any atom is 0.329 e. The molecule has 0 radical (unpaired) electrons. The third-order valence-electron chi connectivity index (χ3n) is 4.19. The van der Waals surface area contributed by atoms with Crippen molar-refractivity contribution in [3.8, 4) is 11.5 Å². The van der Waals surface area contributed by atoms with Crippen molar-refractivity contribution in [3.63, 3.8) is 0 Å². The van der Waals surface area contributed by atoms with Crippen molar-refractivity contribution >= 4 is 29.6 Å². The number of amides is 2. The van der Waals surface area contributed by atoms with E-state index in [0.717, 1.165) is 5.56 Å². The van der Waals surface area contributed by atoms with E-state index in [0.29, 0.717) is 41.7 Å². The molecule has 0 aromatic heterocycles. The molecule has 9 heteroatoms. The quantitative estimate of drug-likeness (QED) is 0.231. The first-order chi connectivity index (χ1) is 15.4. The van der Waals surface area contributed by atoms with Crippen molar-refractivity contribution in [2.75, 3.05) is 20.3 Å². The fraction of sp³-hybridized carbons (Fsp3) is 0.348. The maximum atomic E-state index is 11.9. The van der Waals surface area contributed by atoms with Crippen LogP contribution in [0.4, 0.5) is 0 Å². The predicted octanol–water partition coefficient (Wildman–Crippen LogP) is 3.31. The Bertz CT molecular complexity index is 934. The van der Waals surface area contributed by atoms with Crippen molar-refractivity contribution in [2.45, 2.75) is 33.0 Å². The molecule has 0 saturated carbocycles. The van der Waals surface area contributed by atoms with Gasteiger partial charge in [-0.15, -0.1) is 0 Å². The molecule has 2 rings (SSSR count). The van der Waals surface area contributed by atoms with E-state index in [2.05, 4.69) is 15.8 Å². The number of carbonyl (C=O) groups is 2. The van der Waals surface area contributed by atoms with Crippen LogP contribution in [0.25, 0.3) is 0 Å². The minimum absolute atomic E-state index is 0.124. The first kappa shape index (κ1) is 25.2. The Hall–Kier alpha value is -3.10. The highest BCUT2D eigenvalue weighted by molar-refractivity contribution is 6.35. The number of hydrogen-bond donors (Lipinski definition) is 2. The lowest BCUT2D eigenvalue weighted by atomic mass is 10.2. The van der Waals surface area contributed by atoms with Gasteiger partial charge in [-0.2, -0.15) is 5.10 Å². The summed E-state index contributed by atoms with van der Waals surface area (Å²) in [6.07, 6.45) is 2.11. The minimum Gasteiger partial charge on any atom is -0.493 e. The highest BCUT2D eigenvalue weighted by Crippen LogP contribution is 2.31. The molecular formula is C23H28ClN3O5. The van der Waals surface area contributed by atoms with E-state index >= 15 is 0 Å². The number of methoxy groups -OCH3 is 1. The van der Waals surface area contributed by atoms with E-state index in [1.54, 1.807) is 24.3 Å². The highest BCUT2D eigenvalue weighted by atomic mass is 35.5. The van der Waals surface area contributed by atoms with Gasteiger partial charge in [-0.05, 0) is 38.5 Å². The number of nitrogens with zero attached hydrogens (tertiary/aromatic N) is 1. The van der Waals surface area contributed by atoms with Crippen LogP contribution < -0.4 is 20.2 Å². The molecule has 0 aliphatic heterocycles. The van der Waals surface area contributed by atoms with Crippen LogP contribution in [0.2, 0.25) is 5.02 Å². The van der Waals surface area contributed by atoms with E-state index < -0.39 is 11.8 Å². The highest BCUT2D eigenvalue weighted by Gasteiger charge is 2.13. The molecule has 0 atom stereocenters. The van der Waals surface area contributed by atoms with E-state index in [1.807, 2.05) is 32.0 Å². The molecule has 2 aromatic rings. The number of hydrogen-bond acceptors (Lipinski definition) is 6. The molecule has 0 unspecified atom stereocenters. The fourth-order valence-electron chi connectivity index (χ4n) is 2.60. The molecule has 2 aromatic carbocycles. The largest absolute Gasteiger partial charge is 0.493 e. The molecule has 8 nitrogen and oxygen atoms in total. The van der Waals surface area contributed by atoms with Gasteiger partial charge in [0.15, 0.2) is 11.5 Å². The Morgan fingerprint density at radius 1 is 1.12 bits per heavy atom. The normalized spacial score (nSPS) is 10.9. The smallest absolute Gasteiger partial charge is 0.329 e. The van der Waals surface area contributed by atoms with Crippen molar-refractivity contribution in [3.05, 3.63) is 58.6 Å². The van der Waals surface area contributed by atoms with Gasteiger partial charge < -0.3 is 19.5 Å². The third kappa shape index (κ3) is 8.20. The first-order valence-electron chi connectivity index (χ1n) is 10.2. The van der Waals surface area contributed by atoms with Crippen molar-refractivity contribution in [1.29, 1.82) is 0 Å². The van der Waals surface area contributed by atoms with Crippen molar-refractivity contribution < 1.29 is 23.8 Å². The van der Waals surface area contributed by atoms with E-state index in [1.165, 1.54) is 13.3 Å². The summed E-state index contributed by atoms with van der Waals surface area (Å²) in [7, 11) is 1.52. The average molecular weight is 462 g/mol. The van der Waals surface area contributed by atoms with Gasteiger partial charge in [0.1, 0.15) is 6.61 Å². The molecule has 0 heterocycles. The standard InChI is InChI=1S/C23H28ClN3O5/c1-16(2)31-13-7-12-25-22(28)23(29)27-26-14-17-9-6-11-20(30-3)21(17)32-15-18-8-4-5-10-19(18)24/h4-6,8-11,14,16H,7,12-13,15H2,1-3H3,(H,25,28)(H,27,29)/b26-14-. The lowest BCUT2D eigenvalue weighted by Crippen LogP contribution is -2.38. The predicted molar refractivity (Wildman–Crippen MR) is 123 cm³/mol. The third-order valence-corrected chi connectivity index (χ3v) is 4.56. The van der Waals surface area contributed by atoms with Crippen LogP contribution in [-0.2, 0) is 20.9 Å². The Morgan fingerprint density at radius 2 is 1.91 bits per heavy atom. The lowest BCUT2D eigenvalue weighted by molar-refractivity contribution is -0.139. The summed E-state index contributed by atoms with van der Waals surface area (Å²) in [5.74, 6) is -0.712. The number of carbonyl (C=O) groups excluding carboxylic acids is 2. The zero-order valence-corrected chi connectivity index (χ0v) is 19.1. The average Bonchev–Trinajstić information content (AvgIpc) is 2.78. The van der Waals surface area contributed by atoms with Gasteiger partial charge in [-0.25, -0.2) is 5.43 Å². The van der Waals surface area contributed by atoms with Crippen LogP contribution in [0.5, 0.6) is 11.5 Å². The molecule has 0 aliphatic rings. The summed E-state index contributed by atoms with van der Waals surface area (Å²) in [5, 5.41) is 6.97. The second-order valence-electron chi connectivity index (χ2n) is 6.99. The fourth-order valence-corrected chi connectivity index (χ4v) is 2.79. The van der Waals surface area contributed by atoms with Crippen LogP contribution in [0, 0.1) is 0 Å². The Balaban J connectivity index is 1.94. The summed E-state index contributed by atoms with van der Waals surface area (Å²) in [5.41, 5.74) is 3.58. The number of ether oxygens (including phenoxy) is 3. The molecule has 0 aliphatic carbocycles. The summed E-state index contributed by atoms with van der Waals surface area (Å²) in [6.45, 7) is 4.92. The molecule has 2 amide bonds. The second kappa shape index (κ2) is 13.3. The van der Waals surface area contributed by atoms with Gasteiger partial charge in [0.25, 0.3) is 0 Å². The van der Waals surface area contributed by atoms with E-state index in [-0.39, 0.29) is 12.7 Å². The monoisotopic (exact) mass is 461 g/mol. The van der Waals surface area contributed by atoms with Crippen LogP contribution in [0.1, 0.15) is 31.4 Å². The van der Waals surface area contributed by atoms with Gasteiger partial charge >= 0.3 is 11.8 Å². The molecule has 172 valence electrons. The molecule has 0 fully saturated rings.